The minimum atomic E-state index is -4.58. The molecule has 1 aliphatic rings. The van der Waals surface area contributed by atoms with Crippen LogP contribution in [0.25, 0.3) is 11.2 Å². The number of ether oxygens (including phenoxy) is 1. The Balaban J connectivity index is 1.67. The summed E-state index contributed by atoms with van der Waals surface area (Å²) in [6.45, 7) is -1.89. The average molecular weight is 421 g/mol. The van der Waals surface area contributed by atoms with Gasteiger partial charge in [-0.2, -0.15) is 0 Å². The second-order valence-electron chi connectivity index (χ2n) is 6.03. The first-order valence-electron chi connectivity index (χ1n) is 8.09. The van der Waals surface area contributed by atoms with Gasteiger partial charge in [0.15, 0.2) is 17.7 Å². The van der Waals surface area contributed by atoms with Crippen molar-refractivity contribution in [3.63, 3.8) is 0 Å². The molecule has 3 heterocycles. The van der Waals surface area contributed by atoms with Crippen LogP contribution in [0, 0.1) is 0 Å². The summed E-state index contributed by atoms with van der Waals surface area (Å²) in [4.78, 5) is 21.4. The van der Waals surface area contributed by atoms with Crippen molar-refractivity contribution >= 4 is 24.8 Å². The Morgan fingerprint density at radius 2 is 2.04 bits per heavy atom. The molecule has 2 aromatic heterocycles. The lowest BCUT2D eigenvalue weighted by Crippen LogP contribution is -2.33. The zero-order valence-corrected chi connectivity index (χ0v) is 15.2. The highest BCUT2D eigenvalue weighted by atomic mass is 31.2. The van der Waals surface area contributed by atoms with Crippen LogP contribution in [0.5, 0.6) is 0 Å². The normalized spacial score (nSPS) is 28.5. The van der Waals surface area contributed by atoms with Gasteiger partial charge in [0.25, 0.3) is 0 Å². The molecule has 156 valence electrons. The Labute approximate surface area is 157 Å². The van der Waals surface area contributed by atoms with Gasteiger partial charge in [-0.3, -0.25) is 13.6 Å². The van der Waals surface area contributed by atoms with E-state index in [0.717, 1.165) is 0 Å². The number of aromatic nitrogens is 4. The van der Waals surface area contributed by atoms with Gasteiger partial charge < -0.3 is 35.8 Å². The summed E-state index contributed by atoms with van der Waals surface area (Å²) in [7, 11) is -4.58. The first-order valence-corrected chi connectivity index (χ1v) is 9.58. The van der Waals surface area contributed by atoms with Gasteiger partial charge >= 0.3 is 7.82 Å². The quantitative estimate of drug-likeness (QED) is 0.244. The van der Waals surface area contributed by atoms with Gasteiger partial charge in [-0.05, 0) is 0 Å². The number of hydrogen-bond donors (Lipinski definition) is 6. The second-order valence-corrected chi connectivity index (χ2v) is 7.48. The molecule has 0 spiro atoms. The summed E-state index contributed by atoms with van der Waals surface area (Å²) in [6.07, 6.45) is -4.01. The molecule has 7 N–H and O–H groups in total. The van der Waals surface area contributed by atoms with E-state index < -0.39 is 58.3 Å². The maximum atomic E-state index is 11.8. The number of hydrogen-bond acceptors (Lipinski definition) is 12. The third-order valence-electron chi connectivity index (χ3n) is 4.04. The molecule has 2 aromatic rings. The number of fused-ring (bicyclic) bond motifs is 1. The van der Waals surface area contributed by atoms with E-state index in [2.05, 4.69) is 19.5 Å². The molecule has 14 nitrogen and oxygen atoms in total. The Morgan fingerprint density at radius 3 is 2.75 bits per heavy atom. The summed E-state index contributed by atoms with van der Waals surface area (Å²) in [5.74, 6) is 0.125. The standard InChI is InChI=1S/C13H20N5O9P/c14-11-8-12(16-4-15-11)18(5-17-8)13-10(22)9(21)7(27-13)3-26-28(23,24)25-2-6(20)1-19/h4-7,9-10,13,19-22H,1-3H2,(H,23,24)(H2,14,15,16)/t6?,7-,9?,10?,13-/m1/s1. The number of nitrogen functional groups attached to an aromatic ring is 1. The van der Waals surface area contributed by atoms with Crippen molar-refractivity contribution in [3.8, 4) is 0 Å². The lowest BCUT2D eigenvalue weighted by atomic mass is 10.1. The Morgan fingerprint density at radius 1 is 1.29 bits per heavy atom. The van der Waals surface area contributed by atoms with E-state index in [4.69, 9.17) is 25.2 Å². The molecule has 1 fully saturated rings. The molecule has 15 heteroatoms. The molecule has 28 heavy (non-hydrogen) atoms. The van der Waals surface area contributed by atoms with Gasteiger partial charge in [-0.25, -0.2) is 19.5 Å². The fourth-order valence-corrected chi connectivity index (χ4v) is 3.36. The van der Waals surface area contributed by atoms with E-state index in [1.807, 2.05) is 0 Å². The second kappa shape index (κ2) is 8.32. The molecule has 0 amide bonds. The number of nitrogens with two attached hydrogens (primary N) is 1. The molecular weight excluding hydrogens is 401 g/mol. The predicted octanol–water partition coefficient (Wildman–Crippen LogP) is -2.49. The highest BCUT2D eigenvalue weighted by molar-refractivity contribution is 7.47. The van der Waals surface area contributed by atoms with Crippen molar-refractivity contribution in [1.29, 1.82) is 0 Å². The number of aliphatic hydroxyl groups excluding tert-OH is 4. The maximum absolute atomic E-state index is 11.8. The van der Waals surface area contributed by atoms with Crippen LogP contribution in [0.15, 0.2) is 12.7 Å². The van der Waals surface area contributed by atoms with Crippen molar-refractivity contribution < 1.29 is 43.7 Å². The molecule has 4 unspecified atom stereocenters. The van der Waals surface area contributed by atoms with Crippen molar-refractivity contribution in [2.75, 3.05) is 25.6 Å². The van der Waals surface area contributed by atoms with Crippen molar-refractivity contribution in [3.05, 3.63) is 12.7 Å². The number of aliphatic hydroxyl groups is 4. The maximum Gasteiger partial charge on any atom is 0.472 e. The van der Waals surface area contributed by atoms with E-state index in [1.165, 1.54) is 17.2 Å². The largest absolute Gasteiger partial charge is 0.472 e. The summed E-state index contributed by atoms with van der Waals surface area (Å²) in [5.41, 5.74) is 6.25. The molecule has 0 bridgehead atoms. The summed E-state index contributed by atoms with van der Waals surface area (Å²) < 4.78 is 27.9. The molecular formula is C13H20N5O9P. The number of anilines is 1. The van der Waals surface area contributed by atoms with Gasteiger partial charge in [0.1, 0.15) is 36.3 Å². The summed E-state index contributed by atoms with van der Waals surface area (Å²) >= 11 is 0. The highest BCUT2D eigenvalue weighted by Crippen LogP contribution is 2.44. The highest BCUT2D eigenvalue weighted by Gasteiger charge is 2.45. The van der Waals surface area contributed by atoms with Crippen LogP contribution in [-0.2, 0) is 18.3 Å². The summed E-state index contributed by atoms with van der Waals surface area (Å²) in [5, 5.41) is 38.3. The molecule has 0 saturated carbocycles. The number of phosphoric ester groups is 1. The molecule has 0 radical (unpaired) electrons. The molecule has 3 rings (SSSR count). The van der Waals surface area contributed by atoms with Crippen LogP contribution in [0.2, 0.25) is 0 Å². The third kappa shape index (κ3) is 4.30. The molecule has 1 aliphatic heterocycles. The van der Waals surface area contributed by atoms with Gasteiger partial charge in [-0.15, -0.1) is 0 Å². The van der Waals surface area contributed by atoms with Crippen LogP contribution in [-0.4, -0.2) is 89.1 Å². The van der Waals surface area contributed by atoms with Crippen LogP contribution >= 0.6 is 7.82 Å². The van der Waals surface area contributed by atoms with E-state index in [-0.39, 0.29) is 17.0 Å². The topological polar surface area (TPSA) is 216 Å². The SMILES string of the molecule is Nc1ncnc2c1ncn2[C@@H]1O[C@H](COP(=O)(O)OCC(O)CO)C(O)C1O. The number of nitrogens with zero attached hydrogens (tertiary/aromatic N) is 4. The van der Waals surface area contributed by atoms with Gasteiger partial charge in [0, 0.05) is 0 Å². The zero-order chi connectivity index (χ0) is 20.5. The fraction of sp³-hybridized carbons (Fsp3) is 0.615. The monoisotopic (exact) mass is 421 g/mol. The Hall–Kier alpha value is -1.74. The number of rotatable bonds is 8. The zero-order valence-electron chi connectivity index (χ0n) is 14.3. The van der Waals surface area contributed by atoms with E-state index in [1.54, 1.807) is 0 Å². The first-order chi connectivity index (χ1) is 13.2. The molecule has 0 aromatic carbocycles. The van der Waals surface area contributed by atoms with E-state index >= 15 is 0 Å². The fourth-order valence-electron chi connectivity index (χ4n) is 2.59. The number of phosphoric acid groups is 1. The lowest BCUT2D eigenvalue weighted by molar-refractivity contribution is -0.0526. The average Bonchev–Trinajstić information content (AvgIpc) is 3.21. The van der Waals surface area contributed by atoms with Crippen molar-refractivity contribution in [2.45, 2.75) is 30.6 Å². The van der Waals surface area contributed by atoms with Gasteiger partial charge in [-0.1, -0.05) is 0 Å². The Kier molecular flexibility index (Phi) is 6.24. The molecule has 0 aliphatic carbocycles. The van der Waals surface area contributed by atoms with E-state index in [9.17, 15) is 19.7 Å². The molecule has 1 saturated heterocycles. The van der Waals surface area contributed by atoms with Crippen molar-refractivity contribution in [2.24, 2.45) is 0 Å². The van der Waals surface area contributed by atoms with Crippen molar-refractivity contribution in [1.82, 2.24) is 19.5 Å². The van der Waals surface area contributed by atoms with Gasteiger partial charge in [0.05, 0.1) is 26.1 Å². The Bertz CT molecular complexity index is 866. The van der Waals surface area contributed by atoms with Crippen LogP contribution in [0.4, 0.5) is 5.82 Å². The van der Waals surface area contributed by atoms with Crippen LogP contribution in [0.1, 0.15) is 6.23 Å². The third-order valence-corrected chi connectivity index (χ3v) is 4.99. The van der Waals surface area contributed by atoms with Gasteiger partial charge in [0.2, 0.25) is 0 Å². The lowest BCUT2D eigenvalue weighted by Gasteiger charge is -2.18. The molecule has 6 atom stereocenters. The van der Waals surface area contributed by atoms with Crippen LogP contribution in [0.3, 0.4) is 0 Å². The number of imidazole rings is 1. The minimum absolute atomic E-state index is 0.125. The van der Waals surface area contributed by atoms with E-state index in [0.29, 0.717) is 0 Å². The summed E-state index contributed by atoms with van der Waals surface area (Å²) in [6, 6.07) is 0. The minimum Gasteiger partial charge on any atom is -0.394 e. The predicted molar refractivity (Wildman–Crippen MR) is 90.5 cm³/mol. The first kappa shape index (κ1) is 21.0. The smallest absolute Gasteiger partial charge is 0.394 e. The van der Waals surface area contributed by atoms with Crippen LogP contribution < -0.4 is 5.73 Å².